The summed E-state index contributed by atoms with van der Waals surface area (Å²) < 4.78 is 0. The number of benzene rings is 2. The van der Waals surface area contributed by atoms with Crippen LogP contribution in [-0.4, -0.2) is 24.9 Å². The molecule has 0 atom stereocenters. The molecule has 0 aliphatic rings. The molecule has 0 saturated carbocycles. The fraction of sp³-hybridized carbons (Fsp3) is 0.500. The molecule has 2 aromatic carbocycles. The lowest BCUT2D eigenvalue weighted by Gasteiger charge is -2.09. The molecule has 0 unspecified atom stereocenters. The Bertz CT molecular complexity index is 728. The molecule has 32 heavy (non-hydrogen) atoms. The average Bonchev–Trinajstić information content (AvgIpc) is 2.83. The van der Waals surface area contributed by atoms with E-state index in [-0.39, 0.29) is 11.8 Å². The van der Waals surface area contributed by atoms with Crippen LogP contribution < -0.4 is 10.6 Å². The highest BCUT2D eigenvalue weighted by Crippen LogP contribution is 2.11. The van der Waals surface area contributed by atoms with Crippen LogP contribution >= 0.6 is 0 Å². The topological polar surface area (TPSA) is 58.2 Å². The summed E-state index contributed by atoms with van der Waals surface area (Å²) >= 11 is 0. The van der Waals surface area contributed by atoms with Gasteiger partial charge < -0.3 is 10.6 Å². The van der Waals surface area contributed by atoms with E-state index in [1.807, 2.05) is 48.5 Å². The molecule has 0 saturated heterocycles. The summed E-state index contributed by atoms with van der Waals surface area (Å²) in [4.78, 5) is 24.6. The third-order valence-electron chi connectivity index (χ3n) is 5.77. The van der Waals surface area contributed by atoms with E-state index in [2.05, 4.69) is 24.5 Å². The van der Waals surface area contributed by atoms with Crippen LogP contribution in [0.25, 0.3) is 0 Å². The summed E-state index contributed by atoms with van der Waals surface area (Å²) in [7, 11) is 0. The Morgan fingerprint density at radius 3 is 1.28 bits per heavy atom. The van der Waals surface area contributed by atoms with Gasteiger partial charge in [-0.15, -0.1) is 0 Å². The Morgan fingerprint density at radius 1 is 0.562 bits per heavy atom. The first-order valence-corrected chi connectivity index (χ1v) is 12.4. The molecule has 174 valence electrons. The molecule has 0 fully saturated rings. The maximum absolute atomic E-state index is 12.3. The van der Waals surface area contributed by atoms with Gasteiger partial charge in [-0.25, -0.2) is 0 Å². The predicted octanol–water partition coefficient (Wildman–Crippen LogP) is 6.09. The van der Waals surface area contributed by atoms with Crippen LogP contribution in [0.15, 0.2) is 48.5 Å². The van der Waals surface area contributed by atoms with Gasteiger partial charge in [0.1, 0.15) is 0 Å². The van der Waals surface area contributed by atoms with Crippen LogP contribution in [0.2, 0.25) is 0 Å². The van der Waals surface area contributed by atoms with Crippen molar-refractivity contribution in [3.8, 4) is 0 Å². The molecule has 2 rings (SSSR count). The first-order chi connectivity index (χ1) is 15.6. The largest absolute Gasteiger partial charge is 0.350 e. The molecule has 2 amide bonds. The maximum Gasteiger partial charge on any atom is 0.251 e. The van der Waals surface area contributed by atoms with Crippen LogP contribution in [0.4, 0.5) is 0 Å². The van der Waals surface area contributed by atoms with Crippen molar-refractivity contribution in [1.29, 1.82) is 0 Å². The van der Waals surface area contributed by atoms with Gasteiger partial charge in [0.25, 0.3) is 11.8 Å². The van der Waals surface area contributed by atoms with E-state index in [4.69, 9.17) is 0 Å². The van der Waals surface area contributed by atoms with Crippen molar-refractivity contribution in [2.24, 2.45) is 0 Å². The summed E-state index contributed by atoms with van der Waals surface area (Å²) in [6, 6.07) is 15.7. The molecule has 0 radical (unpaired) electrons. The number of aryl methyl sites for hydroxylation is 2. The highest BCUT2D eigenvalue weighted by atomic mass is 16.2. The van der Waals surface area contributed by atoms with Crippen molar-refractivity contribution in [2.75, 3.05) is 13.1 Å². The Balaban J connectivity index is 1.65. The molecule has 4 heteroatoms. The molecule has 0 bridgehead atoms. The lowest BCUT2D eigenvalue weighted by atomic mass is 10.0. The number of amides is 2. The molecular formula is C28H40N2O2. The minimum atomic E-state index is -0.107. The van der Waals surface area contributed by atoms with Gasteiger partial charge in [0.05, 0.1) is 0 Å². The van der Waals surface area contributed by atoms with Gasteiger partial charge in [-0.2, -0.15) is 0 Å². The quantitative estimate of drug-likeness (QED) is 0.332. The van der Waals surface area contributed by atoms with Gasteiger partial charge >= 0.3 is 0 Å². The third-order valence-corrected chi connectivity index (χ3v) is 5.77. The van der Waals surface area contributed by atoms with Gasteiger partial charge in [-0.05, 0) is 61.1 Å². The minimum absolute atomic E-state index is 0.107. The fourth-order valence-corrected chi connectivity index (χ4v) is 3.71. The second-order valence-electron chi connectivity index (χ2n) is 8.53. The normalized spacial score (nSPS) is 10.7. The summed E-state index contributed by atoms with van der Waals surface area (Å²) in [5, 5.41) is 5.75. The molecule has 4 nitrogen and oxygen atoms in total. The van der Waals surface area contributed by atoms with Crippen molar-refractivity contribution in [3.63, 3.8) is 0 Å². The molecule has 0 heterocycles. The number of unbranched alkanes of at least 4 members (excludes halogenated alkanes) is 6. The van der Waals surface area contributed by atoms with E-state index in [0.29, 0.717) is 24.2 Å². The van der Waals surface area contributed by atoms with Gasteiger partial charge in [0.2, 0.25) is 0 Å². The fourth-order valence-electron chi connectivity index (χ4n) is 3.71. The first kappa shape index (κ1) is 25.6. The van der Waals surface area contributed by atoms with Crippen molar-refractivity contribution in [2.45, 2.75) is 78.1 Å². The van der Waals surface area contributed by atoms with Crippen molar-refractivity contribution in [3.05, 3.63) is 70.8 Å². The zero-order valence-electron chi connectivity index (χ0n) is 19.9. The Kier molecular flexibility index (Phi) is 12.2. The zero-order valence-corrected chi connectivity index (χ0v) is 19.9. The number of nitrogens with one attached hydrogen (secondary N) is 2. The smallest absolute Gasteiger partial charge is 0.251 e. The minimum Gasteiger partial charge on any atom is -0.350 e. The van der Waals surface area contributed by atoms with Crippen LogP contribution in [0.1, 0.15) is 97.1 Å². The molecule has 0 aromatic heterocycles. The standard InChI is InChI=1S/C28H40N2O2/c1-3-5-7-9-11-23-13-17-25(18-14-23)27(31)29-21-22-30-28(32)26-19-15-24(16-20-26)12-10-8-6-4-2/h13-20H,3-12,21-22H2,1-2H3,(H,29,31)(H,30,32). The molecule has 2 aromatic rings. The van der Waals surface area contributed by atoms with Crippen molar-refractivity contribution in [1.82, 2.24) is 10.6 Å². The first-order valence-electron chi connectivity index (χ1n) is 12.4. The molecule has 0 aliphatic carbocycles. The number of hydrogen-bond acceptors (Lipinski definition) is 2. The highest BCUT2D eigenvalue weighted by molar-refractivity contribution is 5.95. The van der Waals surface area contributed by atoms with Gasteiger partial charge in [-0.3, -0.25) is 9.59 Å². The number of rotatable bonds is 15. The van der Waals surface area contributed by atoms with E-state index in [1.54, 1.807) is 0 Å². The van der Waals surface area contributed by atoms with Crippen LogP contribution in [-0.2, 0) is 12.8 Å². The van der Waals surface area contributed by atoms with Gasteiger partial charge in [0.15, 0.2) is 0 Å². The van der Waals surface area contributed by atoms with E-state index >= 15 is 0 Å². The number of carbonyl (C=O) groups is 2. The maximum atomic E-state index is 12.3. The summed E-state index contributed by atoms with van der Waals surface area (Å²) in [5.41, 5.74) is 3.86. The zero-order chi connectivity index (χ0) is 23.0. The van der Waals surface area contributed by atoms with E-state index in [1.165, 1.54) is 62.5 Å². The van der Waals surface area contributed by atoms with Crippen molar-refractivity contribution < 1.29 is 9.59 Å². The van der Waals surface area contributed by atoms with Crippen LogP contribution in [0.5, 0.6) is 0 Å². The van der Waals surface area contributed by atoms with Crippen LogP contribution in [0.3, 0.4) is 0 Å². The second kappa shape index (κ2) is 15.2. The Labute approximate surface area is 194 Å². The van der Waals surface area contributed by atoms with E-state index < -0.39 is 0 Å². The molecule has 2 N–H and O–H groups in total. The van der Waals surface area contributed by atoms with Crippen LogP contribution in [0, 0.1) is 0 Å². The molecule has 0 spiro atoms. The van der Waals surface area contributed by atoms with Crippen molar-refractivity contribution >= 4 is 11.8 Å². The Morgan fingerprint density at radius 2 is 0.938 bits per heavy atom. The number of carbonyl (C=O) groups excluding carboxylic acids is 2. The third kappa shape index (κ3) is 9.67. The summed E-state index contributed by atoms with van der Waals surface area (Å²) in [6.07, 6.45) is 12.1. The van der Waals surface area contributed by atoms with Gasteiger partial charge in [-0.1, -0.05) is 76.6 Å². The second-order valence-corrected chi connectivity index (χ2v) is 8.53. The summed E-state index contributed by atoms with van der Waals surface area (Å²) in [6.45, 7) is 5.23. The summed E-state index contributed by atoms with van der Waals surface area (Å²) in [5.74, 6) is -0.214. The van der Waals surface area contributed by atoms with Gasteiger partial charge in [0, 0.05) is 24.2 Å². The Hall–Kier alpha value is -2.62. The lowest BCUT2D eigenvalue weighted by molar-refractivity contribution is 0.0927. The number of hydrogen-bond donors (Lipinski definition) is 2. The van der Waals surface area contributed by atoms with E-state index in [0.717, 1.165) is 12.8 Å². The SMILES string of the molecule is CCCCCCc1ccc(C(=O)NCCNC(=O)c2ccc(CCCCCC)cc2)cc1. The van der Waals surface area contributed by atoms with E-state index in [9.17, 15) is 9.59 Å². The highest BCUT2D eigenvalue weighted by Gasteiger charge is 2.07. The predicted molar refractivity (Wildman–Crippen MR) is 133 cm³/mol. The average molecular weight is 437 g/mol. The lowest BCUT2D eigenvalue weighted by Crippen LogP contribution is -2.34. The molecular weight excluding hydrogens is 396 g/mol. The molecule has 0 aliphatic heterocycles. The monoisotopic (exact) mass is 436 g/mol.